The van der Waals surface area contributed by atoms with Gasteiger partial charge in [-0.2, -0.15) is 0 Å². The van der Waals surface area contributed by atoms with Gasteiger partial charge in [-0.05, 0) is 49.2 Å². The number of carbonyl (C=O) groups excluding carboxylic acids is 1. The second kappa shape index (κ2) is 10.2. The van der Waals surface area contributed by atoms with Gasteiger partial charge in [0.05, 0.1) is 0 Å². The molecule has 2 heterocycles. The molecular formula is C30H32ClN3O. The number of para-hydroxylation sites is 1. The van der Waals surface area contributed by atoms with E-state index in [0.29, 0.717) is 6.42 Å². The van der Waals surface area contributed by atoms with Crippen molar-refractivity contribution < 1.29 is 4.79 Å². The summed E-state index contributed by atoms with van der Waals surface area (Å²) in [5, 5.41) is 1.98. The summed E-state index contributed by atoms with van der Waals surface area (Å²) < 4.78 is 2.29. The molecule has 5 heteroatoms. The second-order valence-electron chi connectivity index (χ2n) is 9.40. The number of nitrogens with zero attached hydrogens (tertiary/aromatic N) is 3. The van der Waals surface area contributed by atoms with Crippen molar-refractivity contribution >= 4 is 34.1 Å². The number of benzene rings is 3. The topological polar surface area (TPSA) is 28.5 Å². The average molecular weight is 486 g/mol. The fourth-order valence-electron chi connectivity index (χ4n) is 5.21. The number of aryl methyl sites for hydroxylation is 2. The zero-order chi connectivity index (χ0) is 24.4. The van der Waals surface area contributed by atoms with E-state index >= 15 is 0 Å². The van der Waals surface area contributed by atoms with E-state index < -0.39 is 0 Å². The van der Waals surface area contributed by atoms with Gasteiger partial charge in [-0.25, -0.2) is 0 Å². The Morgan fingerprint density at radius 1 is 0.943 bits per heavy atom. The molecule has 5 rings (SSSR count). The number of anilines is 1. The number of carbonyl (C=O) groups is 1. The molecule has 1 aromatic heterocycles. The highest BCUT2D eigenvalue weighted by molar-refractivity contribution is 6.30. The number of halogens is 1. The lowest BCUT2D eigenvalue weighted by molar-refractivity contribution is -0.131. The van der Waals surface area contributed by atoms with Crippen molar-refractivity contribution in [1.29, 1.82) is 0 Å². The molecule has 0 aliphatic carbocycles. The molecule has 1 saturated heterocycles. The fourth-order valence-corrected chi connectivity index (χ4v) is 5.40. The molecule has 3 aromatic carbocycles. The predicted octanol–water partition coefficient (Wildman–Crippen LogP) is 6.49. The first-order chi connectivity index (χ1) is 17.0. The van der Waals surface area contributed by atoms with Crippen molar-refractivity contribution in [2.45, 2.75) is 32.7 Å². The van der Waals surface area contributed by atoms with E-state index in [4.69, 9.17) is 11.6 Å². The smallest absolute Gasteiger partial charge is 0.223 e. The zero-order valence-corrected chi connectivity index (χ0v) is 21.2. The first kappa shape index (κ1) is 23.5. The molecular weight excluding hydrogens is 454 g/mol. The van der Waals surface area contributed by atoms with E-state index in [0.717, 1.165) is 43.4 Å². The molecule has 4 nitrogen and oxygen atoms in total. The van der Waals surface area contributed by atoms with Crippen molar-refractivity contribution in [3.05, 3.63) is 101 Å². The first-order valence-electron chi connectivity index (χ1n) is 12.5. The van der Waals surface area contributed by atoms with E-state index in [-0.39, 0.29) is 11.8 Å². The molecule has 0 N–H and O–H groups in total. The van der Waals surface area contributed by atoms with Gasteiger partial charge < -0.3 is 14.4 Å². The highest BCUT2D eigenvalue weighted by Gasteiger charge is 2.27. The van der Waals surface area contributed by atoms with E-state index in [9.17, 15) is 4.79 Å². The minimum absolute atomic E-state index is 0.0201. The van der Waals surface area contributed by atoms with Crippen molar-refractivity contribution in [2.75, 3.05) is 31.1 Å². The molecule has 0 bridgehead atoms. The summed E-state index contributed by atoms with van der Waals surface area (Å²) in [5.41, 5.74) is 6.00. The van der Waals surface area contributed by atoms with Gasteiger partial charge in [0, 0.05) is 72.9 Å². The van der Waals surface area contributed by atoms with Gasteiger partial charge in [-0.15, -0.1) is 0 Å². The number of aromatic nitrogens is 1. The Kier molecular flexibility index (Phi) is 6.83. The molecule has 0 saturated carbocycles. The second-order valence-corrected chi connectivity index (χ2v) is 9.84. The zero-order valence-electron chi connectivity index (χ0n) is 20.5. The molecule has 1 unspecified atom stereocenters. The summed E-state index contributed by atoms with van der Waals surface area (Å²) in [7, 11) is 0. The van der Waals surface area contributed by atoms with Gasteiger partial charge in [-0.3, -0.25) is 4.79 Å². The largest absolute Gasteiger partial charge is 0.368 e. The van der Waals surface area contributed by atoms with Crippen LogP contribution in [-0.4, -0.2) is 41.6 Å². The third kappa shape index (κ3) is 4.94. The van der Waals surface area contributed by atoms with Crippen molar-refractivity contribution in [3.8, 4) is 0 Å². The summed E-state index contributed by atoms with van der Waals surface area (Å²) in [4.78, 5) is 17.9. The summed E-state index contributed by atoms with van der Waals surface area (Å²) >= 11 is 6.19. The predicted molar refractivity (Wildman–Crippen MR) is 145 cm³/mol. The van der Waals surface area contributed by atoms with Crippen molar-refractivity contribution in [3.63, 3.8) is 0 Å². The Labute approximate surface area is 212 Å². The quantitative estimate of drug-likeness (QED) is 0.312. The lowest BCUT2D eigenvalue weighted by Gasteiger charge is -2.36. The molecule has 35 heavy (non-hydrogen) atoms. The van der Waals surface area contributed by atoms with Crippen LogP contribution in [0.5, 0.6) is 0 Å². The van der Waals surface area contributed by atoms with Crippen LogP contribution in [0.25, 0.3) is 10.9 Å². The van der Waals surface area contributed by atoms with Gasteiger partial charge in [0.2, 0.25) is 5.91 Å². The Bertz CT molecular complexity index is 1320. The maximum absolute atomic E-state index is 13.6. The summed E-state index contributed by atoms with van der Waals surface area (Å²) in [5.74, 6) is 0.237. The van der Waals surface area contributed by atoms with E-state index in [2.05, 4.69) is 84.1 Å². The van der Waals surface area contributed by atoms with Crippen LogP contribution in [-0.2, 0) is 11.3 Å². The Morgan fingerprint density at radius 3 is 2.40 bits per heavy atom. The van der Waals surface area contributed by atoms with Gasteiger partial charge in [-0.1, -0.05) is 65.7 Å². The van der Waals surface area contributed by atoms with Crippen LogP contribution < -0.4 is 4.90 Å². The minimum atomic E-state index is 0.0201. The van der Waals surface area contributed by atoms with E-state index in [1.165, 1.54) is 27.6 Å². The SMILES string of the molecule is CCn1cc(C(CC(=O)N2CCN(c3cccc(Cl)c3)CC2)c2ccc(C)cc2)c2ccccc21. The number of amides is 1. The molecule has 4 aromatic rings. The van der Waals surface area contributed by atoms with Crippen molar-refractivity contribution in [2.24, 2.45) is 0 Å². The normalized spacial score (nSPS) is 14.9. The maximum Gasteiger partial charge on any atom is 0.223 e. The van der Waals surface area contributed by atoms with Gasteiger partial charge >= 0.3 is 0 Å². The maximum atomic E-state index is 13.6. The average Bonchev–Trinajstić information content (AvgIpc) is 3.26. The van der Waals surface area contributed by atoms with Crippen molar-refractivity contribution in [1.82, 2.24) is 9.47 Å². The van der Waals surface area contributed by atoms with Crippen LogP contribution in [0.1, 0.15) is 36.0 Å². The molecule has 1 aliphatic heterocycles. The number of fused-ring (bicyclic) bond motifs is 1. The summed E-state index contributed by atoms with van der Waals surface area (Å²) in [6.07, 6.45) is 2.72. The number of piperazine rings is 1. The van der Waals surface area contributed by atoms with Gasteiger partial charge in [0.1, 0.15) is 0 Å². The number of rotatable bonds is 6. The Hall–Kier alpha value is -3.24. The summed E-state index contributed by atoms with van der Waals surface area (Å²) in [6, 6.07) is 25.2. The number of hydrogen-bond acceptors (Lipinski definition) is 2. The minimum Gasteiger partial charge on any atom is -0.368 e. The molecule has 0 radical (unpaired) electrons. The highest BCUT2D eigenvalue weighted by Crippen LogP contribution is 2.35. The van der Waals surface area contributed by atoms with E-state index in [1.54, 1.807) is 0 Å². The molecule has 180 valence electrons. The third-order valence-electron chi connectivity index (χ3n) is 7.20. The lowest BCUT2D eigenvalue weighted by atomic mass is 9.87. The van der Waals surface area contributed by atoms with Crippen LogP contribution in [0.15, 0.2) is 79.0 Å². The number of hydrogen-bond donors (Lipinski definition) is 0. The Balaban J connectivity index is 1.39. The fraction of sp³-hybridized carbons (Fsp3) is 0.300. The monoisotopic (exact) mass is 485 g/mol. The van der Waals surface area contributed by atoms with Gasteiger partial charge in [0.15, 0.2) is 0 Å². The van der Waals surface area contributed by atoms with Crippen LogP contribution in [0.4, 0.5) is 5.69 Å². The highest BCUT2D eigenvalue weighted by atomic mass is 35.5. The third-order valence-corrected chi connectivity index (χ3v) is 7.43. The molecule has 1 amide bonds. The molecule has 0 spiro atoms. The summed E-state index contributed by atoms with van der Waals surface area (Å²) in [6.45, 7) is 8.26. The molecule has 1 atom stereocenters. The lowest BCUT2D eigenvalue weighted by Crippen LogP contribution is -2.49. The van der Waals surface area contributed by atoms with Gasteiger partial charge in [0.25, 0.3) is 0 Å². The van der Waals surface area contributed by atoms with Crippen LogP contribution in [0.2, 0.25) is 5.02 Å². The van der Waals surface area contributed by atoms with Crippen LogP contribution in [0, 0.1) is 6.92 Å². The van der Waals surface area contributed by atoms with E-state index in [1.807, 2.05) is 23.1 Å². The molecule has 1 aliphatic rings. The standard InChI is InChI=1S/C30H32ClN3O/c1-3-32-21-28(26-9-4-5-10-29(26)32)27(23-13-11-22(2)12-14-23)20-30(35)34-17-15-33(16-18-34)25-8-6-7-24(31)19-25/h4-14,19,21,27H,3,15-18,20H2,1-2H3. The Morgan fingerprint density at radius 2 is 1.69 bits per heavy atom. The van der Waals surface area contributed by atoms with Crippen LogP contribution >= 0.6 is 11.6 Å². The molecule has 1 fully saturated rings. The van der Waals surface area contributed by atoms with Crippen LogP contribution in [0.3, 0.4) is 0 Å². The first-order valence-corrected chi connectivity index (χ1v) is 12.8.